The van der Waals surface area contributed by atoms with Gasteiger partial charge in [0.2, 0.25) is 0 Å². The first-order valence-electron chi connectivity index (χ1n) is 7.26. The highest BCUT2D eigenvalue weighted by Crippen LogP contribution is 2.35. The normalized spacial score (nSPS) is 19.1. The fourth-order valence-electron chi connectivity index (χ4n) is 3.09. The fourth-order valence-corrected chi connectivity index (χ4v) is 3.21. The topological polar surface area (TPSA) is 3.24 Å². The first-order chi connectivity index (χ1) is 7.94. The monoisotopic (exact) mass is 261 g/mol. The van der Waals surface area contributed by atoms with E-state index in [1.165, 1.54) is 25.7 Å². The van der Waals surface area contributed by atoms with Gasteiger partial charge in [-0.15, -0.1) is 11.6 Å². The maximum Gasteiger partial charge on any atom is 0.0333 e. The Morgan fingerprint density at radius 3 is 2.06 bits per heavy atom. The number of hydrogen-bond donors (Lipinski definition) is 0. The summed E-state index contributed by atoms with van der Waals surface area (Å²) in [4.78, 5) is 2.44. The predicted octanol–water partition coefficient (Wildman–Crippen LogP) is 4.93. The molecule has 1 nitrogen and oxygen atoms in total. The summed E-state index contributed by atoms with van der Waals surface area (Å²) >= 11 is 6.25. The van der Waals surface area contributed by atoms with Crippen molar-refractivity contribution < 1.29 is 0 Å². The van der Waals surface area contributed by atoms with E-state index in [9.17, 15) is 0 Å². The highest BCUT2D eigenvalue weighted by atomic mass is 35.5. The van der Waals surface area contributed by atoms with Crippen molar-refractivity contribution in [2.75, 3.05) is 14.1 Å². The molecule has 0 heterocycles. The van der Waals surface area contributed by atoms with Gasteiger partial charge in [-0.05, 0) is 52.1 Å². The van der Waals surface area contributed by atoms with E-state index in [0.29, 0.717) is 10.9 Å². The molecule has 104 valence electrons. The Kier molecular flexibility index (Phi) is 8.49. The van der Waals surface area contributed by atoms with E-state index in [-0.39, 0.29) is 0 Å². The Labute approximate surface area is 114 Å². The van der Waals surface area contributed by atoms with Crippen LogP contribution in [0.1, 0.15) is 66.2 Å². The zero-order valence-corrected chi connectivity index (χ0v) is 13.5. The summed E-state index contributed by atoms with van der Waals surface area (Å²) in [7, 11) is 4.46. The van der Waals surface area contributed by atoms with Crippen molar-refractivity contribution in [3.05, 3.63) is 0 Å². The Bertz CT molecular complexity index is 193. The lowest BCUT2D eigenvalue weighted by atomic mass is 9.75. The van der Waals surface area contributed by atoms with Crippen LogP contribution in [0.15, 0.2) is 0 Å². The van der Waals surface area contributed by atoms with E-state index in [2.05, 4.69) is 46.7 Å². The summed E-state index contributed by atoms with van der Waals surface area (Å²) in [5.74, 6) is 0.718. The molecule has 0 saturated carbocycles. The molecule has 0 fully saturated rings. The number of alkyl halides is 1. The SMILES string of the molecule is CCC[C@](CC)(C(C)CCC(Cl)CC)N(C)C. The molecule has 0 aromatic carbocycles. The number of rotatable bonds is 9. The van der Waals surface area contributed by atoms with Gasteiger partial charge in [0.1, 0.15) is 0 Å². The maximum atomic E-state index is 6.25. The molecule has 2 unspecified atom stereocenters. The van der Waals surface area contributed by atoms with Crippen LogP contribution in [0.25, 0.3) is 0 Å². The van der Waals surface area contributed by atoms with Crippen molar-refractivity contribution in [2.45, 2.75) is 77.1 Å². The quantitative estimate of drug-likeness (QED) is 0.532. The van der Waals surface area contributed by atoms with E-state index in [0.717, 1.165) is 18.8 Å². The van der Waals surface area contributed by atoms with Crippen LogP contribution >= 0.6 is 11.6 Å². The van der Waals surface area contributed by atoms with Crippen LogP contribution in [0, 0.1) is 5.92 Å². The van der Waals surface area contributed by atoms with Crippen LogP contribution in [-0.4, -0.2) is 29.9 Å². The molecule has 2 heteroatoms. The van der Waals surface area contributed by atoms with Crippen LogP contribution in [0.4, 0.5) is 0 Å². The first-order valence-corrected chi connectivity index (χ1v) is 7.69. The molecule has 0 aliphatic rings. The van der Waals surface area contributed by atoms with E-state index in [4.69, 9.17) is 11.6 Å². The minimum absolute atomic E-state index is 0.357. The molecule has 0 spiro atoms. The largest absolute Gasteiger partial charge is 0.303 e. The maximum absolute atomic E-state index is 6.25. The molecule has 0 aromatic heterocycles. The summed E-state index contributed by atoms with van der Waals surface area (Å²) in [6.45, 7) is 9.19. The highest BCUT2D eigenvalue weighted by Gasteiger charge is 2.35. The Balaban J connectivity index is 4.56. The van der Waals surface area contributed by atoms with Crippen molar-refractivity contribution in [3.8, 4) is 0 Å². The van der Waals surface area contributed by atoms with Crippen LogP contribution < -0.4 is 0 Å². The summed E-state index contributed by atoms with van der Waals surface area (Å²) in [5, 5.41) is 0.357. The van der Waals surface area contributed by atoms with E-state index >= 15 is 0 Å². The van der Waals surface area contributed by atoms with Crippen LogP contribution in [0.3, 0.4) is 0 Å². The zero-order valence-electron chi connectivity index (χ0n) is 12.7. The molecule has 0 N–H and O–H groups in total. The second-order valence-corrected chi connectivity index (χ2v) is 6.20. The van der Waals surface area contributed by atoms with Gasteiger partial charge < -0.3 is 4.90 Å². The minimum atomic E-state index is 0.357. The van der Waals surface area contributed by atoms with Gasteiger partial charge in [-0.25, -0.2) is 0 Å². The number of hydrogen-bond acceptors (Lipinski definition) is 1. The van der Waals surface area contributed by atoms with Gasteiger partial charge >= 0.3 is 0 Å². The standard InChI is InChI=1S/C15H32ClN/c1-7-12-15(9-3,17(5)6)13(4)10-11-14(16)8-2/h13-14H,7-12H2,1-6H3/t13?,14?,15-/m1/s1. The van der Waals surface area contributed by atoms with E-state index in [1.54, 1.807) is 0 Å². The van der Waals surface area contributed by atoms with Gasteiger partial charge in [0.05, 0.1) is 0 Å². The lowest BCUT2D eigenvalue weighted by molar-refractivity contribution is 0.0641. The second-order valence-electron chi connectivity index (χ2n) is 5.59. The summed E-state index contributed by atoms with van der Waals surface area (Å²) in [6, 6.07) is 0. The van der Waals surface area contributed by atoms with Crippen molar-refractivity contribution in [3.63, 3.8) is 0 Å². The Hall–Kier alpha value is 0.250. The average Bonchev–Trinajstić information content (AvgIpc) is 2.31. The lowest BCUT2D eigenvalue weighted by Gasteiger charge is -2.45. The molecule has 0 rings (SSSR count). The fraction of sp³-hybridized carbons (Fsp3) is 1.00. The smallest absolute Gasteiger partial charge is 0.0333 e. The van der Waals surface area contributed by atoms with Gasteiger partial charge in [-0.1, -0.05) is 34.1 Å². The molecule has 0 aliphatic heterocycles. The average molecular weight is 262 g/mol. The molecule has 0 amide bonds. The molecular weight excluding hydrogens is 230 g/mol. The molecule has 0 aromatic rings. The third-order valence-electron chi connectivity index (χ3n) is 4.46. The Morgan fingerprint density at radius 1 is 1.12 bits per heavy atom. The summed E-state index contributed by atoms with van der Waals surface area (Å²) in [6.07, 6.45) is 7.26. The Morgan fingerprint density at radius 2 is 1.71 bits per heavy atom. The van der Waals surface area contributed by atoms with Crippen LogP contribution in [-0.2, 0) is 0 Å². The lowest BCUT2D eigenvalue weighted by Crippen LogP contribution is -2.49. The number of nitrogens with zero attached hydrogens (tertiary/aromatic N) is 1. The van der Waals surface area contributed by atoms with Gasteiger partial charge in [-0.3, -0.25) is 0 Å². The molecular formula is C15H32ClN. The molecule has 0 aliphatic carbocycles. The minimum Gasteiger partial charge on any atom is -0.303 e. The molecule has 17 heavy (non-hydrogen) atoms. The van der Waals surface area contributed by atoms with Crippen molar-refractivity contribution in [1.82, 2.24) is 4.90 Å². The van der Waals surface area contributed by atoms with Crippen molar-refractivity contribution >= 4 is 11.6 Å². The molecule has 3 atom stereocenters. The predicted molar refractivity (Wildman–Crippen MR) is 79.9 cm³/mol. The summed E-state index contributed by atoms with van der Waals surface area (Å²) in [5.41, 5.74) is 0.360. The van der Waals surface area contributed by atoms with Gasteiger partial charge in [0.15, 0.2) is 0 Å². The van der Waals surface area contributed by atoms with Gasteiger partial charge in [0.25, 0.3) is 0 Å². The highest BCUT2D eigenvalue weighted by molar-refractivity contribution is 6.20. The number of halogens is 1. The van der Waals surface area contributed by atoms with Crippen molar-refractivity contribution in [1.29, 1.82) is 0 Å². The van der Waals surface area contributed by atoms with Gasteiger partial charge in [0, 0.05) is 10.9 Å². The van der Waals surface area contributed by atoms with E-state index < -0.39 is 0 Å². The van der Waals surface area contributed by atoms with Gasteiger partial charge in [-0.2, -0.15) is 0 Å². The molecule has 0 bridgehead atoms. The third-order valence-corrected chi connectivity index (χ3v) is 4.99. The molecule has 0 saturated heterocycles. The first kappa shape index (κ1) is 17.2. The van der Waals surface area contributed by atoms with E-state index in [1.807, 2.05) is 0 Å². The molecule has 0 radical (unpaired) electrons. The second kappa shape index (κ2) is 8.37. The van der Waals surface area contributed by atoms with Crippen LogP contribution in [0.5, 0.6) is 0 Å². The zero-order chi connectivity index (χ0) is 13.5. The summed E-state index contributed by atoms with van der Waals surface area (Å²) < 4.78 is 0. The van der Waals surface area contributed by atoms with Crippen LogP contribution in [0.2, 0.25) is 0 Å². The third kappa shape index (κ3) is 4.79. The van der Waals surface area contributed by atoms with Crippen molar-refractivity contribution in [2.24, 2.45) is 5.92 Å².